The fourth-order valence-corrected chi connectivity index (χ4v) is 1.68. The first kappa shape index (κ1) is 12.4. The van der Waals surface area contributed by atoms with Crippen LogP contribution in [-0.4, -0.2) is 11.6 Å². The molecule has 0 atom stereocenters. The second-order valence-corrected chi connectivity index (χ2v) is 4.00. The van der Waals surface area contributed by atoms with E-state index in [2.05, 4.69) is 10.5 Å². The average molecular weight is 263 g/mol. The molecule has 92 valence electrons. The molecule has 0 bridgehead atoms. The summed E-state index contributed by atoms with van der Waals surface area (Å²) in [5.74, 6) is -0.183. The lowest BCUT2D eigenvalue weighted by molar-refractivity contribution is 0.0927. The number of furan rings is 1. The van der Waals surface area contributed by atoms with Crippen molar-refractivity contribution in [3.63, 3.8) is 0 Å². The molecule has 1 amide bonds. The molecule has 2 rings (SSSR count). The van der Waals surface area contributed by atoms with Gasteiger partial charge in [-0.2, -0.15) is 5.10 Å². The van der Waals surface area contributed by atoms with E-state index in [0.29, 0.717) is 10.7 Å². The monoisotopic (exact) mass is 262 g/mol. The molecule has 1 aromatic heterocycles. The van der Waals surface area contributed by atoms with Gasteiger partial charge in [0.25, 0.3) is 0 Å². The number of amides is 1. The van der Waals surface area contributed by atoms with E-state index in [1.165, 1.54) is 6.26 Å². The van der Waals surface area contributed by atoms with Crippen LogP contribution < -0.4 is 5.43 Å². The molecular weight excluding hydrogens is 252 g/mol. The Morgan fingerprint density at radius 1 is 1.28 bits per heavy atom. The first-order chi connectivity index (χ1) is 8.68. The largest absolute Gasteiger partial charge is 0.459 e. The van der Waals surface area contributed by atoms with Crippen molar-refractivity contribution in [3.05, 3.63) is 59.0 Å². The first-order valence-electron chi connectivity index (χ1n) is 5.31. The second-order valence-electron chi connectivity index (χ2n) is 3.60. The van der Waals surface area contributed by atoms with Crippen molar-refractivity contribution in [1.82, 2.24) is 5.43 Å². The van der Waals surface area contributed by atoms with Crippen LogP contribution in [0.5, 0.6) is 0 Å². The van der Waals surface area contributed by atoms with Crippen LogP contribution in [-0.2, 0) is 0 Å². The molecule has 5 heteroatoms. The van der Waals surface area contributed by atoms with Gasteiger partial charge in [-0.05, 0) is 25.1 Å². The van der Waals surface area contributed by atoms with E-state index in [-0.39, 0.29) is 5.76 Å². The predicted molar refractivity (Wildman–Crippen MR) is 69.8 cm³/mol. The summed E-state index contributed by atoms with van der Waals surface area (Å²) in [7, 11) is 0. The van der Waals surface area contributed by atoms with Crippen molar-refractivity contribution in [2.24, 2.45) is 5.10 Å². The van der Waals surface area contributed by atoms with Gasteiger partial charge in [0.1, 0.15) is 0 Å². The lowest BCUT2D eigenvalue weighted by atomic mass is 10.1. The van der Waals surface area contributed by atoms with E-state index >= 15 is 0 Å². The zero-order valence-corrected chi connectivity index (χ0v) is 10.4. The molecule has 0 saturated carbocycles. The maximum atomic E-state index is 11.6. The first-order valence-corrected chi connectivity index (χ1v) is 5.69. The number of nitrogens with one attached hydrogen (secondary N) is 1. The lowest BCUT2D eigenvalue weighted by Gasteiger charge is -2.03. The van der Waals surface area contributed by atoms with Gasteiger partial charge in [0.2, 0.25) is 0 Å². The van der Waals surface area contributed by atoms with Crippen LogP contribution in [0, 0.1) is 0 Å². The number of carbonyl (C=O) groups is 1. The molecule has 0 aliphatic carbocycles. The Morgan fingerprint density at radius 2 is 2.06 bits per heavy atom. The normalized spacial score (nSPS) is 11.3. The van der Waals surface area contributed by atoms with Crippen molar-refractivity contribution < 1.29 is 9.21 Å². The van der Waals surface area contributed by atoms with Crippen LogP contribution >= 0.6 is 11.6 Å². The Labute approximate surface area is 109 Å². The minimum atomic E-state index is -0.397. The van der Waals surface area contributed by atoms with E-state index in [1.54, 1.807) is 25.1 Å². The van der Waals surface area contributed by atoms with Gasteiger partial charge in [-0.25, -0.2) is 5.43 Å². The highest BCUT2D eigenvalue weighted by Crippen LogP contribution is 2.15. The molecule has 0 radical (unpaired) electrons. The number of nitrogens with zero attached hydrogens (tertiary/aromatic N) is 1. The van der Waals surface area contributed by atoms with Crippen LogP contribution in [0.25, 0.3) is 0 Å². The average Bonchev–Trinajstić information content (AvgIpc) is 2.90. The highest BCUT2D eigenvalue weighted by atomic mass is 35.5. The van der Waals surface area contributed by atoms with E-state index < -0.39 is 5.91 Å². The van der Waals surface area contributed by atoms with E-state index in [1.807, 2.05) is 18.2 Å². The number of hydrogen-bond acceptors (Lipinski definition) is 3. The van der Waals surface area contributed by atoms with Crippen molar-refractivity contribution in [2.45, 2.75) is 6.92 Å². The molecule has 1 heterocycles. The summed E-state index contributed by atoms with van der Waals surface area (Å²) in [4.78, 5) is 11.6. The fraction of sp³-hybridized carbons (Fsp3) is 0.0769. The Hall–Kier alpha value is -2.07. The minimum absolute atomic E-state index is 0.214. The Morgan fingerprint density at radius 3 is 2.72 bits per heavy atom. The van der Waals surface area contributed by atoms with Crippen LogP contribution in [0.15, 0.2) is 52.2 Å². The van der Waals surface area contributed by atoms with Crippen molar-refractivity contribution in [2.75, 3.05) is 0 Å². The summed E-state index contributed by atoms with van der Waals surface area (Å²) in [6.07, 6.45) is 1.43. The summed E-state index contributed by atoms with van der Waals surface area (Å²) in [6.45, 7) is 1.77. The maximum Gasteiger partial charge on any atom is 0.307 e. The van der Waals surface area contributed by atoms with E-state index in [4.69, 9.17) is 16.0 Å². The summed E-state index contributed by atoms with van der Waals surface area (Å²) in [5, 5.41) is 4.57. The molecule has 4 nitrogen and oxygen atoms in total. The third-order valence-electron chi connectivity index (χ3n) is 2.33. The highest BCUT2D eigenvalue weighted by molar-refractivity contribution is 6.34. The summed E-state index contributed by atoms with van der Waals surface area (Å²) in [5.41, 5.74) is 3.81. The van der Waals surface area contributed by atoms with Crippen molar-refractivity contribution in [3.8, 4) is 0 Å². The van der Waals surface area contributed by atoms with Gasteiger partial charge in [-0.15, -0.1) is 0 Å². The quantitative estimate of drug-likeness (QED) is 0.683. The lowest BCUT2D eigenvalue weighted by Crippen LogP contribution is -2.18. The van der Waals surface area contributed by atoms with E-state index in [0.717, 1.165) is 5.56 Å². The minimum Gasteiger partial charge on any atom is -0.459 e. The smallest absolute Gasteiger partial charge is 0.307 e. The molecule has 18 heavy (non-hydrogen) atoms. The van der Waals surface area contributed by atoms with Gasteiger partial charge in [0.05, 0.1) is 12.0 Å². The zero-order chi connectivity index (χ0) is 13.0. The standard InChI is InChI=1S/C13H11ClN2O2/c1-9(10-5-2-3-6-11(10)14)15-16-13(17)12-7-4-8-18-12/h2-8H,1H3,(H,16,17). The molecule has 2 aromatic rings. The Bertz CT molecular complexity index is 576. The van der Waals surface area contributed by atoms with Gasteiger partial charge in [-0.3, -0.25) is 4.79 Å². The maximum absolute atomic E-state index is 11.6. The molecule has 0 aliphatic rings. The predicted octanol–water partition coefficient (Wildman–Crippen LogP) is 3.09. The molecule has 0 saturated heterocycles. The van der Waals surface area contributed by atoms with Crippen LogP contribution in [0.4, 0.5) is 0 Å². The second kappa shape index (κ2) is 5.51. The number of benzene rings is 1. The fourth-order valence-electron chi connectivity index (χ4n) is 1.41. The summed E-state index contributed by atoms with van der Waals surface area (Å²) < 4.78 is 4.95. The van der Waals surface area contributed by atoms with Crippen LogP contribution in [0.2, 0.25) is 5.02 Å². The topological polar surface area (TPSA) is 54.6 Å². The molecule has 1 N–H and O–H groups in total. The number of hydrogen-bond donors (Lipinski definition) is 1. The van der Waals surface area contributed by atoms with Gasteiger partial charge < -0.3 is 4.42 Å². The van der Waals surface area contributed by atoms with Gasteiger partial charge >= 0.3 is 5.91 Å². The zero-order valence-electron chi connectivity index (χ0n) is 9.68. The number of hydrazone groups is 1. The number of carbonyl (C=O) groups excluding carboxylic acids is 1. The summed E-state index contributed by atoms with van der Waals surface area (Å²) >= 11 is 6.02. The van der Waals surface area contributed by atoms with Gasteiger partial charge in [-0.1, -0.05) is 29.8 Å². The highest BCUT2D eigenvalue weighted by Gasteiger charge is 2.08. The molecule has 0 spiro atoms. The van der Waals surface area contributed by atoms with Crippen molar-refractivity contribution in [1.29, 1.82) is 0 Å². The number of rotatable bonds is 3. The third kappa shape index (κ3) is 2.78. The third-order valence-corrected chi connectivity index (χ3v) is 2.66. The van der Waals surface area contributed by atoms with Gasteiger partial charge in [0.15, 0.2) is 5.76 Å². The van der Waals surface area contributed by atoms with Crippen LogP contribution in [0.1, 0.15) is 23.0 Å². The summed E-state index contributed by atoms with van der Waals surface area (Å²) in [6, 6.07) is 10.5. The molecule has 0 fully saturated rings. The Kier molecular flexibility index (Phi) is 3.79. The van der Waals surface area contributed by atoms with Crippen LogP contribution in [0.3, 0.4) is 0 Å². The van der Waals surface area contributed by atoms with Gasteiger partial charge in [0, 0.05) is 10.6 Å². The molecule has 0 aliphatic heterocycles. The SMILES string of the molecule is CC(=NNC(=O)c1ccco1)c1ccccc1Cl. The molecule has 1 aromatic carbocycles. The molecular formula is C13H11ClN2O2. The molecule has 0 unspecified atom stereocenters. The number of halogens is 1. The van der Waals surface area contributed by atoms with Crippen molar-refractivity contribution >= 4 is 23.2 Å². The van der Waals surface area contributed by atoms with E-state index in [9.17, 15) is 4.79 Å². The Balaban J connectivity index is 2.11.